The van der Waals surface area contributed by atoms with E-state index in [1.54, 1.807) is 24.3 Å². The van der Waals surface area contributed by atoms with E-state index in [9.17, 15) is 4.79 Å². The van der Waals surface area contributed by atoms with Crippen LogP contribution in [0, 0.1) is 0 Å². The van der Waals surface area contributed by atoms with Crippen LogP contribution in [0.25, 0.3) is 0 Å². The Labute approximate surface area is 126 Å². The third kappa shape index (κ3) is 3.85. The number of hydrogen-bond donors (Lipinski definition) is 1. The quantitative estimate of drug-likeness (QED) is 0.850. The number of rotatable bonds is 5. The molecular formula is C18H22N2O. The molecular weight excluding hydrogens is 260 g/mol. The van der Waals surface area contributed by atoms with Crippen LogP contribution in [0.5, 0.6) is 0 Å². The summed E-state index contributed by atoms with van der Waals surface area (Å²) in [5.74, 6) is 0.0493. The number of nitrogens with two attached hydrogens (primary N) is 1. The van der Waals surface area contributed by atoms with Crippen molar-refractivity contribution >= 4 is 11.6 Å². The van der Waals surface area contributed by atoms with E-state index in [1.807, 2.05) is 35.2 Å². The molecule has 0 aliphatic heterocycles. The number of carbonyl (C=O) groups is 1. The van der Waals surface area contributed by atoms with Crippen molar-refractivity contribution in [2.24, 2.45) is 0 Å². The molecule has 0 fully saturated rings. The van der Waals surface area contributed by atoms with Crippen molar-refractivity contribution in [3.63, 3.8) is 0 Å². The van der Waals surface area contributed by atoms with Crippen molar-refractivity contribution in [1.29, 1.82) is 0 Å². The standard InChI is InChI=1S/C18H22N2O/c1-3-14(2)20(13-15-7-5-4-6-8-15)18(21)16-9-11-17(19)12-10-16/h4-12,14H,3,13,19H2,1-2H3. The van der Waals surface area contributed by atoms with Gasteiger partial charge in [-0.25, -0.2) is 0 Å². The van der Waals surface area contributed by atoms with Crippen LogP contribution in [0.2, 0.25) is 0 Å². The Morgan fingerprint density at radius 2 is 1.71 bits per heavy atom. The maximum absolute atomic E-state index is 12.7. The van der Waals surface area contributed by atoms with Gasteiger partial charge in [-0.1, -0.05) is 37.3 Å². The number of amides is 1. The molecule has 2 rings (SSSR count). The molecule has 1 atom stereocenters. The smallest absolute Gasteiger partial charge is 0.254 e. The summed E-state index contributed by atoms with van der Waals surface area (Å²) in [6, 6.07) is 17.4. The average Bonchev–Trinajstić information content (AvgIpc) is 2.53. The molecule has 3 nitrogen and oxygen atoms in total. The molecule has 0 radical (unpaired) electrons. The van der Waals surface area contributed by atoms with Crippen LogP contribution in [0.3, 0.4) is 0 Å². The Bertz CT molecular complexity index is 578. The molecule has 0 heterocycles. The minimum absolute atomic E-state index is 0.0493. The highest BCUT2D eigenvalue weighted by Gasteiger charge is 2.20. The highest BCUT2D eigenvalue weighted by atomic mass is 16.2. The second kappa shape index (κ2) is 6.93. The van der Waals surface area contributed by atoms with Crippen LogP contribution in [0.4, 0.5) is 5.69 Å². The van der Waals surface area contributed by atoms with Crippen molar-refractivity contribution in [1.82, 2.24) is 4.90 Å². The molecule has 0 aromatic heterocycles. The van der Waals surface area contributed by atoms with E-state index in [0.29, 0.717) is 17.8 Å². The highest BCUT2D eigenvalue weighted by Crippen LogP contribution is 2.16. The van der Waals surface area contributed by atoms with Crippen LogP contribution < -0.4 is 5.73 Å². The third-order valence-electron chi connectivity index (χ3n) is 3.74. The lowest BCUT2D eigenvalue weighted by Gasteiger charge is -2.29. The van der Waals surface area contributed by atoms with Crippen LogP contribution in [0.15, 0.2) is 54.6 Å². The van der Waals surface area contributed by atoms with Gasteiger partial charge >= 0.3 is 0 Å². The maximum atomic E-state index is 12.7. The summed E-state index contributed by atoms with van der Waals surface area (Å²) in [4.78, 5) is 14.7. The van der Waals surface area contributed by atoms with Gasteiger partial charge in [0.25, 0.3) is 5.91 Å². The van der Waals surface area contributed by atoms with Crippen molar-refractivity contribution < 1.29 is 4.79 Å². The number of benzene rings is 2. The number of carbonyl (C=O) groups excluding carboxylic acids is 1. The molecule has 1 amide bonds. The predicted octanol–water partition coefficient (Wildman–Crippen LogP) is 3.71. The Hall–Kier alpha value is -2.29. The molecule has 0 saturated heterocycles. The first-order valence-electron chi connectivity index (χ1n) is 7.32. The first-order chi connectivity index (χ1) is 10.1. The second-order valence-electron chi connectivity index (χ2n) is 5.30. The zero-order chi connectivity index (χ0) is 15.2. The van der Waals surface area contributed by atoms with Crippen LogP contribution in [0.1, 0.15) is 36.2 Å². The molecule has 2 aromatic rings. The van der Waals surface area contributed by atoms with E-state index >= 15 is 0 Å². The lowest BCUT2D eigenvalue weighted by atomic mass is 10.1. The Kier molecular flexibility index (Phi) is 4.99. The Morgan fingerprint density at radius 3 is 2.29 bits per heavy atom. The largest absolute Gasteiger partial charge is 0.399 e. The van der Waals surface area contributed by atoms with Crippen molar-refractivity contribution in [2.45, 2.75) is 32.9 Å². The van der Waals surface area contributed by atoms with Crippen molar-refractivity contribution in [2.75, 3.05) is 5.73 Å². The van der Waals surface area contributed by atoms with E-state index < -0.39 is 0 Å². The number of nitrogens with zero attached hydrogens (tertiary/aromatic N) is 1. The summed E-state index contributed by atoms with van der Waals surface area (Å²) in [5, 5.41) is 0. The third-order valence-corrected chi connectivity index (χ3v) is 3.74. The molecule has 0 spiro atoms. The fourth-order valence-electron chi connectivity index (χ4n) is 2.22. The lowest BCUT2D eigenvalue weighted by Crippen LogP contribution is -2.37. The van der Waals surface area contributed by atoms with Crippen LogP contribution in [-0.2, 0) is 6.54 Å². The van der Waals surface area contributed by atoms with E-state index in [-0.39, 0.29) is 11.9 Å². The van der Waals surface area contributed by atoms with Gasteiger partial charge in [0.15, 0.2) is 0 Å². The van der Waals surface area contributed by atoms with Gasteiger partial charge in [-0.3, -0.25) is 4.79 Å². The van der Waals surface area contributed by atoms with Crippen molar-refractivity contribution in [3.8, 4) is 0 Å². The SMILES string of the molecule is CCC(C)N(Cc1ccccc1)C(=O)c1ccc(N)cc1. The van der Waals surface area contributed by atoms with Gasteiger partial charge in [-0.05, 0) is 43.2 Å². The highest BCUT2D eigenvalue weighted by molar-refractivity contribution is 5.94. The summed E-state index contributed by atoms with van der Waals surface area (Å²) in [6.07, 6.45) is 0.924. The summed E-state index contributed by atoms with van der Waals surface area (Å²) < 4.78 is 0. The summed E-state index contributed by atoms with van der Waals surface area (Å²) in [6.45, 7) is 4.80. The number of nitrogen functional groups attached to an aromatic ring is 1. The van der Waals surface area contributed by atoms with Crippen LogP contribution >= 0.6 is 0 Å². The normalized spacial score (nSPS) is 11.9. The van der Waals surface area contributed by atoms with Gasteiger partial charge in [0.2, 0.25) is 0 Å². The monoisotopic (exact) mass is 282 g/mol. The molecule has 0 saturated carbocycles. The molecule has 110 valence electrons. The first-order valence-corrected chi connectivity index (χ1v) is 7.32. The summed E-state index contributed by atoms with van der Waals surface area (Å²) >= 11 is 0. The lowest BCUT2D eigenvalue weighted by molar-refractivity contribution is 0.0671. The maximum Gasteiger partial charge on any atom is 0.254 e. The van der Waals surface area contributed by atoms with Crippen LogP contribution in [-0.4, -0.2) is 16.8 Å². The van der Waals surface area contributed by atoms with Gasteiger partial charge in [0, 0.05) is 23.8 Å². The summed E-state index contributed by atoms with van der Waals surface area (Å²) in [5.41, 5.74) is 8.18. The fourth-order valence-corrected chi connectivity index (χ4v) is 2.22. The second-order valence-corrected chi connectivity index (χ2v) is 5.30. The van der Waals surface area contributed by atoms with Gasteiger partial charge in [0.05, 0.1) is 0 Å². The van der Waals surface area contributed by atoms with Gasteiger partial charge in [0.1, 0.15) is 0 Å². The minimum Gasteiger partial charge on any atom is -0.399 e. The van der Waals surface area contributed by atoms with Crippen molar-refractivity contribution in [3.05, 3.63) is 65.7 Å². The molecule has 0 aliphatic rings. The van der Waals surface area contributed by atoms with E-state index in [1.165, 1.54) is 0 Å². The van der Waals surface area contributed by atoms with E-state index in [4.69, 9.17) is 5.73 Å². The number of anilines is 1. The zero-order valence-corrected chi connectivity index (χ0v) is 12.6. The predicted molar refractivity (Wildman–Crippen MR) is 86.9 cm³/mol. The van der Waals surface area contributed by atoms with Gasteiger partial charge in [-0.15, -0.1) is 0 Å². The summed E-state index contributed by atoms with van der Waals surface area (Å²) in [7, 11) is 0. The molecule has 0 aliphatic carbocycles. The van der Waals surface area contributed by atoms with Gasteiger partial charge < -0.3 is 10.6 Å². The first kappa shape index (κ1) is 15.1. The topological polar surface area (TPSA) is 46.3 Å². The molecule has 2 aromatic carbocycles. The molecule has 0 bridgehead atoms. The van der Waals surface area contributed by atoms with Gasteiger partial charge in [-0.2, -0.15) is 0 Å². The van der Waals surface area contributed by atoms with E-state index in [2.05, 4.69) is 13.8 Å². The molecule has 21 heavy (non-hydrogen) atoms. The Morgan fingerprint density at radius 1 is 1.10 bits per heavy atom. The average molecular weight is 282 g/mol. The molecule has 1 unspecified atom stereocenters. The zero-order valence-electron chi connectivity index (χ0n) is 12.6. The Balaban J connectivity index is 2.23. The fraction of sp³-hybridized carbons (Fsp3) is 0.278. The van der Waals surface area contributed by atoms with E-state index in [0.717, 1.165) is 12.0 Å². The minimum atomic E-state index is 0.0493. The molecule has 2 N–H and O–H groups in total. The number of hydrogen-bond acceptors (Lipinski definition) is 2. The molecule has 3 heteroatoms.